The van der Waals surface area contributed by atoms with E-state index < -0.39 is 23.3 Å². The molecule has 1 aromatic heterocycles. The lowest BCUT2D eigenvalue weighted by molar-refractivity contribution is -0.136. The number of carbonyl (C=O) groups is 3. The maximum atomic E-state index is 12.4. The number of imide groups is 2. The molecule has 4 amide bonds. The van der Waals surface area contributed by atoms with Gasteiger partial charge in [-0.1, -0.05) is 6.92 Å². The maximum Gasteiger partial charge on any atom is 0.335 e. The summed E-state index contributed by atoms with van der Waals surface area (Å²) in [7, 11) is 1.73. The van der Waals surface area contributed by atoms with E-state index in [9.17, 15) is 14.4 Å². The fourth-order valence-electron chi connectivity index (χ4n) is 2.42. The lowest BCUT2D eigenvalue weighted by Crippen LogP contribution is -2.59. The van der Waals surface area contributed by atoms with Crippen LogP contribution < -0.4 is 10.2 Å². The van der Waals surface area contributed by atoms with E-state index in [0.717, 1.165) is 4.90 Å². The molecule has 3 rings (SSSR count). The van der Waals surface area contributed by atoms with E-state index in [1.165, 1.54) is 0 Å². The number of barbiturate groups is 1. The van der Waals surface area contributed by atoms with Crippen molar-refractivity contribution in [3.8, 4) is 0 Å². The molecule has 7 heteroatoms. The minimum Gasteiger partial charge on any atom is -0.276 e. The molecule has 1 N–H and O–H groups in total. The Morgan fingerprint density at radius 1 is 1.37 bits per heavy atom. The van der Waals surface area contributed by atoms with Gasteiger partial charge < -0.3 is 0 Å². The standard InChI is InChI=1S/C12H14N4O3/c1-3-7-8(6-15(2)14-7)16-10(18)12(4-5-12)9(17)13-11(16)19/h6H,3-5H2,1-2H3,(H,13,17,19). The Morgan fingerprint density at radius 2 is 2.05 bits per heavy atom. The van der Waals surface area contributed by atoms with Gasteiger partial charge in [0.2, 0.25) is 5.91 Å². The van der Waals surface area contributed by atoms with E-state index in [1.54, 1.807) is 17.9 Å². The zero-order chi connectivity index (χ0) is 13.8. The van der Waals surface area contributed by atoms with Gasteiger partial charge in [-0.2, -0.15) is 5.10 Å². The summed E-state index contributed by atoms with van der Waals surface area (Å²) in [5.74, 6) is -0.898. The first kappa shape index (κ1) is 11.9. The average molecular weight is 262 g/mol. The molecule has 2 heterocycles. The second-order valence-corrected chi connectivity index (χ2v) is 4.97. The Balaban J connectivity index is 2.06. The highest BCUT2D eigenvalue weighted by atomic mass is 16.2. The molecule has 2 fully saturated rings. The monoisotopic (exact) mass is 262 g/mol. The largest absolute Gasteiger partial charge is 0.335 e. The van der Waals surface area contributed by atoms with Crippen molar-refractivity contribution in [1.82, 2.24) is 15.1 Å². The van der Waals surface area contributed by atoms with Crippen molar-refractivity contribution in [3.63, 3.8) is 0 Å². The van der Waals surface area contributed by atoms with Crippen molar-refractivity contribution in [1.29, 1.82) is 0 Å². The van der Waals surface area contributed by atoms with Crippen LogP contribution in [0.1, 0.15) is 25.5 Å². The molecule has 2 aliphatic rings. The predicted octanol–water partition coefficient (Wildman–Crippen LogP) is 0.345. The zero-order valence-electron chi connectivity index (χ0n) is 10.8. The summed E-state index contributed by atoms with van der Waals surface area (Å²) in [4.78, 5) is 37.2. The zero-order valence-corrected chi connectivity index (χ0v) is 10.8. The Labute approximate surface area is 109 Å². The van der Waals surface area contributed by atoms with Gasteiger partial charge in [0, 0.05) is 13.2 Å². The molecule has 1 spiro atoms. The van der Waals surface area contributed by atoms with E-state index >= 15 is 0 Å². The highest BCUT2D eigenvalue weighted by molar-refractivity contribution is 6.31. The first-order valence-electron chi connectivity index (χ1n) is 6.22. The van der Waals surface area contributed by atoms with Gasteiger partial charge in [0.15, 0.2) is 0 Å². The van der Waals surface area contributed by atoms with Crippen LogP contribution in [0.25, 0.3) is 0 Å². The number of aromatic nitrogens is 2. The van der Waals surface area contributed by atoms with Crippen LogP contribution in [0.4, 0.5) is 10.5 Å². The minimum absolute atomic E-state index is 0.427. The van der Waals surface area contributed by atoms with Crippen molar-refractivity contribution < 1.29 is 14.4 Å². The van der Waals surface area contributed by atoms with Crippen molar-refractivity contribution in [2.75, 3.05) is 4.90 Å². The molecule has 0 atom stereocenters. The van der Waals surface area contributed by atoms with Crippen molar-refractivity contribution in [2.24, 2.45) is 12.5 Å². The quantitative estimate of drug-likeness (QED) is 0.779. The van der Waals surface area contributed by atoms with Crippen LogP contribution in [-0.4, -0.2) is 27.6 Å². The third-order valence-electron chi connectivity index (χ3n) is 3.68. The molecule has 0 aromatic carbocycles. The van der Waals surface area contributed by atoms with Gasteiger partial charge in [0.1, 0.15) is 5.41 Å². The molecule has 100 valence electrons. The Hall–Kier alpha value is -2.18. The van der Waals surface area contributed by atoms with Gasteiger partial charge in [0.05, 0.1) is 11.4 Å². The van der Waals surface area contributed by atoms with E-state index in [-0.39, 0.29) is 0 Å². The number of hydrogen-bond acceptors (Lipinski definition) is 4. The molecule has 0 radical (unpaired) electrons. The lowest BCUT2D eigenvalue weighted by Gasteiger charge is -2.29. The van der Waals surface area contributed by atoms with Crippen LogP contribution in [0, 0.1) is 5.41 Å². The Morgan fingerprint density at radius 3 is 2.63 bits per heavy atom. The predicted molar refractivity (Wildman–Crippen MR) is 65.3 cm³/mol. The first-order chi connectivity index (χ1) is 8.99. The highest BCUT2D eigenvalue weighted by Gasteiger charge is 2.62. The van der Waals surface area contributed by atoms with E-state index in [0.29, 0.717) is 30.6 Å². The summed E-state index contributed by atoms with van der Waals surface area (Å²) < 4.78 is 1.56. The number of nitrogens with one attached hydrogen (secondary N) is 1. The molecule has 1 aliphatic carbocycles. The fourth-order valence-corrected chi connectivity index (χ4v) is 2.42. The minimum atomic E-state index is -1.02. The number of urea groups is 1. The van der Waals surface area contributed by atoms with Crippen LogP contribution in [0.3, 0.4) is 0 Å². The Bertz CT molecular complexity index is 600. The number of hydrogen-bond donors (Lipinski definition) is 1. The van der Waals surface area contributed by atoms with Crippen molar-refractivity contribution in [2.45, 2.75) is 26.2 Å². The van der Waals surface area contributed by atoms with Gasteiger partial charge in [-0.25, -0.2) is 9.69 Å². The smallest absolute Gasteiger partial charge is 0.276 e. The van der Waals surface area contributed by atoms with Gasteiger partial charge in [-0.3, -0.25) is 19.6 Å². The number of amides is 4. The van der Waals surface area contributed by atoms with Gasteiger partial charge >= 0.3 is 6.03 Å². The molecule has 7 nitrogen and oxygen atoms in total. The topological polar surface area (TPSA) is 84.3 Å². The first-order valence-corrected chi connectivity index (χ1v) is 6.22. The number of rotatable bonds is 2. The van der Waals surface area contributed by atoms with Gasteiger partial charge in [0.25, 0.3) is 5.91 Å². The van der Waals surface area contributed by atoms with Crippen LogP contribution >= 0.6 is 0 Å². The van der Waals surface area contributed by atoms with Crippen LogP contribution in [0.2, 0.25) is 0 Å². The maximum absolute atomic E-state index is 12.4. The molecule has 0 bridgehead atoms. The third-order valence-corrected chi connectivity index (χ3v) is 3.68. The van der Waals surface area contributed by atoms with Crippen molar-refractivity contribution in [3.05, 3.63) is 11.9 Å². The average Bonchev–Trinajstić information content (AvgIpc) is 3.08. The SMILES string of the molecule is CCc1nn(C)cc1N1C(=O)NC(=O)C2(CC2)C1=O. The number of nitrogens with zero attached hydrogens (tertiary/aromatic N) is 3. The molecular weight excluding hydrogens is 248 g/mol. The molecule has 1 aliphatic heterocycles. The summed E-state index contributed by atoms with van der Waals surface area (Å²) in [6.07, 6.45) is 3.24. The molecular formula is C12H14N4O3. The third kappa shape index (κ3) is 1.50. The summed E-state index contributed by atoms with van der Waals surface area (Å²) in [5.41, 5.74) is 0.108. The molecule has 1 aromatic rings. The van der Waals surface area contributed by atoms with E-state index in [4.69, 9.17) is 0 Å². The number of carbonyl (C=O) groups excluding carboxylic acids is 3. The number of anilines is 1. The fraction of sp³-hybridized carbons (Fsp3) is 0.500. The number of aryl methyl sites for hydroxylation is 2. The second-order valence-electron chi connectivity index (χ2n) is 4.97. The molecule has 1 saturated heterocycles. The van der Waals surface area contributed by atoms with Gasteiger partial charge in [-0.15, -0.1) is 0 Å². The van der Waals surface area contributed by atoms with Crippen LogP contribution in [0.15, 0.2) is 6.20 Å². The van der Waals surface area contributed by atoms with Crippen molar-refractivity contribution >= 4 is 23.5 Å². The second kappa shape index (κ2) is 3.66. The lowest BCUT2D eigenvalue weighted by atomic mass is 10.0. The summed E-state index contributed by atoms with van der Waals surface area (Å²) >= 11 is 0. The van der Waals surface area contributed by atoms with Crippen LogP contribution in [0.5, 0.6) is 0 Å². The van der Waals surface area contributed by atoms with E-state index in [1.807, 2.05) is 6.92 Å². The molecule has 19 heavy (non-hydrogen) atoms. The highest BCUT2D eigenvalue weighted by Crippen LogP contribution is 2.49. The summed E-state index contributed by atoms with van der Waals surface area (Å²) in [5, 5.41) is 6.48. The normalized spacial score (nSPS) is 20.9. The summed E-state index contributed by atoms with van der Waals surface area (Å²) in [6, 6.07) is -0.685. The summed E-state index contributed by atoms with van der Waals surface area (Å²) in [6.45, 7) is 1.90. The van der Waals surface area contributed by atoms with Crippen LogP contribution in [-0.2, 0) is 23.1 Å². The van der Waals surface area contributed by atoms with Gasteiger partial charge in [-0.05, 0) is 19.3 Å². The Kier molecular flexibility index (Phi) is 2.29. The van der Waals surface area contributed by atoms with E-state index in [2.05, 4.69) is 10.4 Å². The molecule has 0 unspecified atom stereocenters. The molecule has 1 saturated carbocycles.